The van der Waals surface area contributed by atoms with Gasteiger partial charge in [0.1, 0.15) is 0 Å². The highest BCUT2D eigenvalue weighted by Gasteiger charge is 2.10. The molecule has 1 aromatic carbocycles. The number of benzene rings is 1. The zero-order valence-electron chi connectivity index (χ0n) is 10.1. The number of aryl methyl sites for hydroxylation is 1. The minimum absolute atomic E-state index is 0.000967. The van der Waals surface area contributed by atoms with E-state index in [1.807, 2.05) is 29.5 Å². The summed E-state index contributed by atoms with van der Waals surface area (Å²) in [6.45, 7) is 2.17. The Hall–Kier alpha value is -0.350. The van der Waals surface area contributed by atoms with Crippen LogP contribution >= 0.6 is 38.9 Å². The maximum Gasteiger partial charge on any atom is 0.0551 e. The predicted octanol–water partition coefficient (Wildman–Crippen LogP) is 4.97. The van der Waals surface area contributed by atoms with Gasteiger partial charge in [-0.15, -0.1) is 11.3 Å². The van der Waals surface area contributed by atoms with Crippen LogP contribution in [0.4, 0.5) is 0 Å². The Morgan fingerprint density at radius 3 is 2.61 bits per heavy atom. The fraction of sp³-hybridized carbons (Fsp3) is 0.286. The summed E-state index contributed by atoms with van der Waals surface area (Å²) in [5.74, 6) is 0. The summed E-state index contributed by atoms with van der Waals surface area (Å²) in [6, 6.07) is 10.3. The molecule has 1 heterocycles. The molecule has 0 bridgehead atoms. The molecule has 0 saturated heterocycles. The summed E-state index contributed by atoms with van der Waals surface area (Å²) in [5, 5.41) is 0.711. The minimum Gasteiger partial charge on any atom is -0.324 e. The molecule has 1 nitrogen and oxygen atoms in total. The van der Waals surface area contributed by atoms with Crippen LogP contribution in [-0.2, 0) is 12.8 Å². The van der Waals surface area contributed by atoms with E-state index in [2.05, 4.69) is 35.0 Å². The third kappa shape index (κ3) is 3.35. The van der Waals surface area contributed by atoms with Crippen LogP contribution in [0.3, 0.4) is 0 Å². The van der Waals surface area contributed by atoms with Crippen molar-refractivity contribution >= 4 is 38.9 Å². The van der Waals surface area contributed by atoms with Crippen molar-refractivity contribution < 1.29 is 0 Å². The normalized spacial score (nSPS) is 12.7. The fourth-order valence-electron chi connectivity index (χ4n) is 1.80. The first-order chi connectivity index (χ1) is 8.60. The van der Waals surface area contributed by atoms with Gasteiger partial charge in [0.25, 0.3) is 0 Å². The molecule has 0 spiro atoms. The first kappa shape index (κ1) is 14.1. The summed E-state index contributed by atoms with van der Waals surface area (Å²) < 4.78 is 0.907. The van der Waals surface area contributed by atoms with E-state index in [9.17, 15) is 0 Å². The summed E-state index contributed by atoms with van der Waals surface area (Å²) in [6.07, 6.45) is 1.95. The monoisotopic (exact) mass is 343 g/mol. The van der Waals surface area contributed by atoms with E-state index >= 15 is 0 Å². The zero-order valence-corrected chi connectivity index (χ0v) is 13.3. The van der Waals surface area contributed by atoms with Gasteiger partial charge >= 0.3 is 0 Å². The lowest BCUT2D eigenvalue weighted by Crippen LogP contribution is -2.12. The van der Waals surface area contributed by atoms with E-state index in [0.29, 0.717) is 5.02 Å². The van der Waals surface area contributed by atoms with Crippen LogP contribution in [0.25, 0.3) is 0 Å². The second-order valence-corrected chi connectivity index (χ2v) is 6.72. The second kappa shape index (κ2) is 6.20. The lowest BCUT2D eigenvalue weighted by Gasteiger charge is -2.11. The Morgan fingerprint density at radius 2 is 2.00 bits per heavy atom. The predicted molar refractivity (Wildman–Crippen MR) is 83.5 cm³/mol. The number of rotatable bonds is 4. The van der Waals surface area contributed by atoms with Crippen LogP contribution in [0.5, 0.6) is 0 Å². The zero-order chi connectivity index (χ0) is 13.1. The van der Waals surface area contributed by atoms with Gasteiger partial charge < -0.3 is 5.73 Å². The van der Waals surface area contributed by atoms with Gasteiger partial charge in [-0.2, -0.15) is 0 Å². The molecule has 1 aromatic heterocycles. The maximum absolute atomic E-state index is 6.23. The molecule has 0 aliphatic rings. The van der Waals surface area contributed by atoms with Crippen LogP contribution in [0.1, 0.15) is 28.3 Å². The summed E-state index contributed by atoms with van der Waals surface area (Å²) in [5.41, 5.74) is 7.31. The first-order valence-corrected chi connectivity index (χ1v) is 7.87. The fourth-order valence-corrected chi connectivity index (χ4v) is 3.25. The van der Waals surface area contributed by atoms with E-state index in [1.165, 1.54) is 9.75 Å². The van der Waals surface area contributed by atoms with E-state index in [4.69, 9.17) is 17.3 Å². The van der Waals surface area contributed by atoms with E-state index in [1.54, 1.807) is 0 Å². The molecule has 0 radical (unpaired) electrons. The second-order valence-electron chi connectivity index (χ2n) is 4.21. The van der Waals surface area contributed by atoms with Crippen molar-refractivity contribution in [2.24, 2.45) is 5.73 Å². The summed E-state index contributed by atoms with van der Waals surface area (Å²) >= 11 is 11.3. The van der Waals surface area contributed by atoms with Gasteiger partial charge in [0.15, 0.2) is 0 Å². The number of halogens is 2. The number of hydrogen-bond acceptors (Lipinski definition) is 2. The SMILES string of the molecule is CCc1ccc(CC(N)c2ccc(Br)c(Cl)c2)s1. The first-order valence-electron chi connectivity index (χ1n) is 5.88. The van der Waals surface area contributed by atoms with Crippen molar-refractivity contribution in [2.75, 3.05) is 0 Å². The number of thiophene rings is 1. The topological polar surface area (TPSA) is 26.0 Å². The molecule has 0 amide bonds. The van der Waals surface area contributed by atoms with E-state index in [-0.39, 0.29) is 6.04 Å². The van der Waals surface area contributed by atoms with Crippen LogP contribution in [0.15, 0.2) is 34.8 Å². The van der Waals surface area contributed by atoms with E-state index < -0.39 is 0 Å². The lowest BCUT2D eigenvalue weighted by atomic mass is 10.0. The van der Waals surface area contributed by atoms with Gasteiger partial charge in [0.2, 0.25) is 0 Å². The molecule has 1 atom stereocenters. The summed E-state index contributed by atoms with van der Waals surface area (Å²) in [7, 11) is 0. The quantitative estimate of drug-likeness (QED) is 0.832. The highest BCUT2D eigenvalue weighted by atomic mass is 79.9. The van der Waals surface area contributed by atoms with Gasteiger partial charge in [-0.1, -0.05) is 24.6 Å². The molecule has 0 fully saturated rings. The highest BCUT2D eigenvalue weighted by Crippen LogP contribution is 2.28. The molecule has 4 heteroatoms. The third-order valence-corrected chi connectivity index (χ3v) is 5.34. The largest absolute Gasteiger partial charge is 0.324 e. The van der Waals surface area contributed by atoms with Crippen LogP contribution in [-0.4, -0.2) is 0 Å². The van der Waals surface area contributed by atoms with Gasteiger partial charge in [-0.05, 0) is 52.2 Å². The van der Waals surface area contributed by atoms with Gasteiger partial charge in [0, 0.05) is 26.7 Å². The molecule has 2 aromatic rings. The molecule has 0 saturated carbocycles. The Morgan fingerprint density at radius 1 is 1.28 bits per heavy atom. The molecular weight excluding hydrogens is 330 g/mol. The molecule has 0 aliphatic carbocycles. The summed E-state index contributed by atoms with van der Waals surface area (Å²) in [4.78, 5) is 2.74. The lowest BCUT2D eigenvalue weighted by molar-refractivity contribution is 0.730. The molecular formula is C14H15BrClNS. The molecule has 2 N–H and O–H groups in total. The standard InChI is InChI=1S/C14H15BrClNS/c1-2-10-4-5-11(18-10)8-14(17)9-3-6-12(15)13(16)7-9/h3-7,14H,2,8,17H2,1H3. The van der Waals surface area contributed by atoms with Crippen molar-refractivity contribution in [3.8, 4) is 0 Å². The average Bonchev–Trinajstić information content (AvgIpc) is 2.80. The maximum atomic E-state index is 6.23. The van der Waals surface area contributed by atoms with Crippen LogP contribution < -0.4 is 5.73 Å². The molecule has 2 rings (SSSR count). The Kier molecular flexibility index (Phi) is 4.84. The van der Waals surface area contributed by atoms with Crippen molar-refractivity contribution in [1.82, 2.24) is 0 Å². The van der Waals surface area contributed by atoms with Crippen LogP contribution in [0, 0.1) is 0 Å². The molecule has 96 valence electrons. The molecule has 18 heavy (non-hydrogen) atoms. The minimum atomic E-state index is -0.000967. The molecule has 1 unspecified atom stereocenters. The van der Waals surface area contributed by atoms with Crippen molar-refractivity contribution in [1.29, 1.82) is 0 Å². The average molecular weight is 345 g/mol. The van der Waals surface area contributed by atoms with Gasteiger partial charge in [0.05, 0.1) is 5.02 Å². The molecule has 0 aliphatic heterocycles. The van der Waals surface area contributed by atoms with Gasteiger partial charge in [-0.3, -0.25) is 0 Å². The van der Waals surface area contributed by atoms with E-state index in [0.717, 1.165) is 22.9 Å². The van der Waals surface area contributed by atoms with Crippen molar-refractivity contribution in [2.45, 2.75) is 25.8 Å². The van der Waals surface area contributed by atoms with Gasteiger partial charge in [-0.25, -0.2) is 0 Å². The smallest absolute Gasteiger partial charge is 0.0551 e. The highest BCUT2D eigenvalue weighted by molar-refractivity contribution is 9.10. The van der Waals surface area contributed by atoms with Crippen molar-refractivity contribution in [3.05, 3.63) is 55.1 Å². The van der Waals surface area contributed by atoms with Crippen molar-refractivity contribution in [3.63, 3.8) is 0 Å². The Labute approximate surface area is 125 Å². The Bertz CT molecular complexity index is 538. The third-order valence-electron chi connectivity index (χ3n) is 2.86. The van der Waals surface area contributed by atoms with Crippen LogP contribution in [0.2, 0.25) is 5.02 Å². The number of nitrogens with two attached hydrogens (primary N) is 1. The Balaban J connectivity index is 2.11. The number of hydrogen-bond donors (Lipinski definition) is 1.